The molecule has 0 saturated carbocycles. The quantitative estimate of drug-likeness (QED) is 0.627. The maximum Gasteiger partial charge on any atom is 0.408 e. The van der Waals surface area contributed by atoms with Gasteiger partial charge in [-0.2, -0.15) is 0 Å². The average Bonchev–Trinajstić information content (AvgIpc) is 2.42. The summed E-state index contributed by atoms with van der Waals surface area (Å²) in [5.41, 5.74) is -1.38. The topological polar surface area (TPSA) is 119 Å². The number of hydrogen-bond acceptors (Lipinski definition) is 6. The van der Waals surface area contributed by atoms with Crippen LogP contribution < -0.4 is 5.32 Å². The van der Waals surface area contributed by atoms with Crippen molar-refractivity contribution in [3.8, 4) is 0 Å². The van der Waals surface area contributed by atoms with Crippen LogP contribution in [0.2, 0.25) is 0 Å². The number of ketones is 1. The first-order chi connectivity index (χ1) is 11.6. The van der Waals surface area contributed by atoms with Crippen LogP contribution in [0.15, 0.2) is 0 Å². The van der Waals surface area contributed by atoms with Gasteiger partial charge >= 0.3 is 18.0 Å². The molecule has 0 spiro atoms. The maximum atomic E-state index is 12.2. The molecule has 0 heterocycles. The second kappa shape index (κ2) is 9.54. The number of carboxylic acids is 1. The van der Waals surface area contributed by atoms with Gasteiger partial charge in [-0.25, -0.2) is 4.79 Å². The van der Waals surface area contributed by atoms with Crippen LogP contribution in [0.5, 0.6) is 0 Å². The van der Waals surface area contributed by atoms with Crippen molar-refractivity contribution in [1.82, 2.24) is 5.32 Å². The number of nitrogens with one attached hydrogen (secondary N) is 1. The molecule has 0 saturated heterocycles. The standard InChI is InChI=1S/C18H31NO7/c1-11(19-16(24)26-18(5,6)7)13(20)10-12(14(21)22)8-9-25-15(23)17(2,3)4/h11-12H,8-10H2,1-7H3,(H,19,24)(H,21,22)/t11-,12+/m0/s1. The number of aliphatic carboxylic acids is 1. The molecule has 0 radical (unpaired) electrons. The summed E-state index contributed by atoms with van der Waals surface area (Å²) in [4.78, 5) is 46.9. The van der Waals surface area contributed by atoms with E-state index >= 15 is 0 Å². The third kappa shape index (κ3) is 10.0. The number of carbonyl (C=O) groups excluding carboxylic acids is 3. The lowest BCUT2D eigenvalue weighted by Gasteiger charge is -2.22. The van der Waals surface area contributed by atoms with Crippen LogP contribution >= 0.6 is 0 Å². The van der Waals surface area contributed by atoms with E-state index in [0.29, 0.717) is 0 Å². The van der Waals surface area contributed by atoms with Gasteiger partial charge in [-0.05, 0) is 54.9 Å². The molecule has 0 fully saturated rings. The fourth-order valence-electron chi connectivity index (χ4n) is 1.81. The molecule has 2 N–H and O–H groups in total. The Kier molecular flexibility index (Phi) is 8.76. The Morgan fingerprint density at radius 2 is 1.58 bits per heavy atom. The van der Waals surface area contributed by atoms with Gasteiger partial charge in [0.1, 0.15) is 5.60 Å². The van der Waals surface area contributed by atoms with Gasteiger partial charge in [-0.1, -0.05) is 0 Å². The highest BCUT2D eigenvalue weighted by atomic mass is 16.6. The highest BCUT2D eigenvalue weighted by Crippen LogP contribution is 2.17. The van der Waals surface area contributed by atoms with Crippen molar-refractivity contribution in [3.05, 3.63) is 0 Å². The highest BCUT2D eigenvalue weighted by Gasteiger charge is 2.28. The fraction of sp³-hybridized carbons (Fsp3) is 0.778. The zero-order valence-corrected chi connectivity index (χ0v) is 16.7. The van der Waals surface area contributed by atoms with E-state index in [2.05, 4.69) is 5.32 Å². The zero-order valence-electron chi connectivity index (χ0n) is 16.7. The summed E-state index contributed by atoms with van der Waals surface area (Å²) in [5.74, 6) is -3.04. The molecule has 0 aliphatic rings. The third-order valence-electron chi connectivity index (χ3n) is 3.32. The van der Waals surface area contributed by atoms with E-state index in [1.54, 1.807) is 41.5 Å². The van der Waals surface area contributed by atoms with Crippen molar-refractivity contribution in [3.63, 3.8) is 0 Å². The minimum atomic E-state index is -1.16. The predicted molar refractivity (Wildman–Crippen MR) is 94.6 cm³/mol. The smallest absolute Gasteiger partial charge is 0.408 e. The van der Waals surface area contributed by atoms with Crippen molar-refractivity contribution in [2.24, 2.45) is 11.3 Å². The first-order valence-corrected chi connectivity index (χ1v) is 8.55. The van der Waals surface area contributed by atoms with Gasteiger partial charge in [0.2, 0.25) is 0 Å². The van der Waals surface area contributed by atoms with Gasteiger partial charge in [0.05, 0.1) is 24.0 Å². The van der Waals surface area contributed by atoms with E-state index in [1.165, 1.54) is 6.92 Å². The lowest BCUT2D eigenvalue weighted by atomic mass is 9.96. The number of rotatable bonds is 8. The minimum absolute atomic E-state index is 0.0159. The van der Waals surface area contributed by atoms with Crippen molar-refractivity contribution in [2.45, 2.75) is 73.0 Å². The Balaban J connectivity index is 4.56. The van der Waals surface area contributed by atoms with E-state index in [0.717, 1.165) is 0 Å². The van der Waals surface area contributed by atoms with Gasteiger partial charge in [-0.15, -0.1) is 0 Å². The summed E-state index contributed by atoms with van der Waals surface area (Å²) >= 11 is 0. The van der Waals surface area contributed by atoms with E-state index in [4.69, 9.17) is 9.47 Å². The fourth-order valence-corrected chi connectivity index (χ4v) is 1.81. The highest BCUT2D eigenvalue weighted by molar-refractivity contribution is 5.89. The number of amides is 1. The number of alkyl carbamates (subject to hydrolysis) is 1. The van der Waals surface area contributed by atoms with Crippen LogP contribution in [-0.2, 0) is 23.9 Å². The lowest BCUT2D eigenvalue weighted by Crippen LogP contribution is -2.42. The van der Waals surface area contributed by atoms with Crippen LogP contribution in [-0.4, -0.2) is 47.2 Å². The Morgan fingerprint density at radius 1 is 1.04 bits per heavy atom. The number of carboxylic acid groups (broad SMARTS) is 1. The van der Waals surface area contributed by atoms with Gasteiger partial charge in [0.15, 0.2) is 5.78 Å². The number of Topliss-reactive ketones (excluding diaryl/α,β-unsaturated/α-hetero) is 1. The summed E-state index contributed by atoms with van der Waals surface area (Å²) in [7, 11) is 0. The van der Waals surface area contributed by atoms with E-state index in [9.17, 15) is 24.3 Å². The molecule has 0 bridgehead atoms. The molecule has 0 aromatic rings. The van der Waals surface area contributed by atoms with E-state index in [-0.39, 0.29) is 19.4 Å². The second-order valence-electron chi connectivity index (χ2n) is 8.25. The summed E-state index contributed by atoms with van der Waals surface area (Å²) in [5, 5.41) is 11.6. The summed E-state index contributed by atoms with van der Waals surface area (Å²) in [6.45, 7) is 11.5. The third-order valence-corrected chi connectivity index (χ3v) is 3.32. The molecule has 0 aromatic carbocycles. The Hall–Kier alpha value is -2.12. The van der Waals surface area contributed by atoms with Crippen LogP contribution in [0, 0.1) is 11.3 Å². The molecule has 1 amide bonds. The Labute approximate surface area is 154 Å². The molecular weight excluding hydrogens is 342 g/mol. The predicted octanol–water partition coefficient (Wildman–Crippen LogP) is 2.54. The average molecular weight is 373 g/mol. The largest absolute Gasteiger partial charge is 0.481 e. The minimum Gasteiger partial charge on any atom is -0.481 e. The molecule has 150 valence electrons. The molecule has 0 aliphatic carbocycles. The number of ether oxygens (including phenoxy) is 2. The summed E-state index contributed by atoms with van der Waals surface area (Å²) in [6, 6.07) is -0.885. The van der Waals surface area contributed by atoms with Crippen molar-refractivity contribution in [1.29, 1.82) is 0 Å². The summed E-state index contributed by atoms with van der Waals surface area (Å²) < 4.78 is 10.1. The number of carbonyl (C=O) groups is 4. The van der Waals surface area contributed by atoms with E-state index < -0.39 is 46.8 Å². The van der Waals surface area contributed by atoms with Gasteiger partial charge in [0.25, 0.3) is 0 Å². The number of esters is 1. The van der Waals surface area contributed by atoms with Crippen LogP contribution in [0.4, 0.5) is 4.79 Å². The van der Waals surface area contributed by atoms with Crippen LogP contribution in [0.3, 0.4) is 0 Å². The molecule has 8 heteroatoms. The molecule has 2 atom stereocenters. The Bertz CT molecular complexity index is 529. The van der Waals surface area contributed by atoms with Crippen molar-refractivity contribution >= 4 is 23.8 Å². The molecular formula is C18H31NO7. The molecule has 0 aromatic heterocycles. The zero-order chi connectivity index (χ0) is 20.7. The second-order valence-corrected chi connectivity index (χ2v) is 8.25. The normalized spacial score (nSPS) is 14.1. The molecule has 0 rings (SSSR count). The van der Waals surface area contributed by atoms with E-state index in [1.807, 2.05) is 0 Å². The lowest BCUT2D eigenvalue weighted by molar-refractivity contribution is -0.155. The Morgan fingerprint density at radius 3 is 2.00 bits per heavy atom. The van der Waals surface area contributed by atoms with Crippen molar-refractivity contribution < 1.29 is 33.8 Å². The maximum absolute atomic E-state index is 12.2. The first kappa shape index (κ1) is 23.9. The van der Waals surface area contributed by atoms with Crippen LogP contribution in [0.25, 0.3) is 0 Å². The number of hydrogen-bond donors (Lipinski definition) is 2. The van der Waals surface area contributed by atoms with Gasteiger partial charge < -0.3 is 19.9 Å². The molecule has 0 unspecified atom stereocenters. The summed E-state index contributed by atoms with van der Waals surface area (Å²) in [6.07, 6.45) is -1.01. The van der Waals surface area contributed by atoms with Gasteiger partial charge in [-0.3, -0.25) is 14.4 Å². The molecule has 0 aliphatic heterocycles. The van der Waals surface area contributed by atoms with Crippen molar-refractivity contribution in [2.75, 3.05) is 6.61 Å². The van der Waals surface area contributed by atoms with Crippen LogP contribution in [0.1, 0.15) is 61.3 Å². The van der Waals surface area contributed by atoms with Gasteiger partial charge in [0, 0.05) is 6.42 Å². The monoisotopic (exact) mass is 373 g/mol. The first-order valence-electron chi connectivity index (χ1n) is 8.55. The SMILES string of the molecule is C[C@H](NC(=O)OC(C)(C)C)C(=O)C[C@@H](CCOC(=O)C(C)(C)C)C(=O)O. The molecule has 26 heavy (non-hydrogen) atoms. The molecule has 8 nitrogen and oxygen atoms in total.